The molecule has 0 saturated carbocycles. The molecule has 0 saturated heterocycles. The molecular formula is C28H23FN6O. The Morgan fingerprint density at radius 2 is 2.03 bits per heavy atom. The average Bonchev–Trinajstić information content (AvgIpc) is 3.52. The van der Waals surface area contributed by atoms with Crippen LogP contribution in [0.4, 0.5) is 4.39 Å². The van der Waals surface area contributed by atoms with Crippen LogP contribution in [-0.2, 0) is 4.79 Å². The number of carbonyl (C=O) groups excluding carboxylic acids is 1. The van der Waals surface area contributed by atoms with E-state index in [0.29, 0.717) is 18.5 Å². The van der Waals surface area contributed by atoms with Crippen LogP contribution in [-0.4, -0.2) is 32.3 Å². The summed E-state index contributed by atoms with van der Waals surface area (Å²) in [5, 5.41) is 12.3. The Balaban J connectivity index is 1.37. The van der Waals surface area contributed by atoms with Crippen LogP contribution in [0.15, 0.2) is 77.7 Å². The zero-order valence-electron chi connectivity index (χ0n) is 19.5. The molecule has 0 aliphatic carbocycles. The van der Waals surface area contributed by atoms with E-state index in [1.165, 1.54) is 6.07 Å². The van der Waals surface area contributed by atoms with E-state index in [1.54, 1.807) is 18.3 Å². The molecule has 0 bridgehead atoms. The molecule has 6 rings (SSSR count). The maximum absolute atomic E-state index is 13.9. The second kappa shape index (κ2) is 8.88. The van der Waals surface area contributed by atoms with Gasteiger partial charge in [-0.2, -0.15) is 5.10 Å². The number of allylic oxidation sites excluding steroid dienone is 1. The number of H-pyrrole nitrogens is 2. The summed E-state index contributed by atoms with van der Waals surface area (Å²) in [6.45, 7) is 1.82. The summed E-state index contributed by atoms with van der Waals surface area (Å²) in [5.41, 5.74) is 6.79. The van der Waals surface area contributed by atoms with Gasteiger partial charge in [-0.25, -0.2) is 9.37 Å². The Hall–Kier alpha value is -4.59. The topological polar surface area (TPSA) is 98.8 Å². The lowest BCUT2D eigenvalue weighted by Gasteiger charge is -2.18. The van der Waals surface area contributed by atoms with Crippen molar-refractivity contribution in [2.45, 2.75) is 25.7 Å². The summed E-state index contributed by atoms with van der Waals surface area (Å²) in [6.07, 6.45) is 6.43. The van der Waals surface area contributed by atoms with Gasteiger partial charge in [-0.3, -0.25) is 14.9 Å². The number of pyridine rings is 1. The third-order valence-electron chi connectivity index (χ3n) is 6.49. The minimum atomic E-state index is -0.267. The van der Waals surface area contributed by atoms with Crippen LogP contribution in [0.1, 0.15) is 31.2 Å². The first kappa shape index (κ1) is 21.9. The molecule has 5 aromatic rings. The van der Waals surface area contributed by atoms with Crippen LogP contribution >= 0.6 is 0 Å². The number of halogens is 1. The van der Waals surface area contributed by atoms with Gasteiger partial charge < -0.3 is 10.3 Å². The highest BCUT2D eigenvalue weighted by atomic mass is 19.1. The van der Waals surface area contributed by atoms with Crippen LogP contribution in [0.5, 0.6) is 0 Å². The number of nitrogens with zero attached hydrogens (tertiary/aromatic N) is 3. The van der Waals surface area contributed by atoms with E-state index in [0.717, 1.165) is 50.1 Å². The summed E-state index contributed by atoms with van der Waals surface area (Å²) in [7, 11) is 0. The molecule has 36 heavy (non-hydrogen) atoms. The van der Waals surface area contributed by atoms with Crippen molar-refractivity contribution in [1.82, 2.24) is 25.5 Å². The minimum Gasteiger partial charge on any atom is -0.353 e. The first-order chi connectivity index (χ1) is 17.6. The van der Waals surface area contributed by atoms with E-state index in [-0.39, 0.29) is 17.6 Å². The van der Waals surface area contributed by atoms with Crippen LogP contribution < -0.4 is 5.32 Å². The van der Waals surface area contributed by atoms with Crippen molar-refractivity contribution in [2.75, 3.05) is 0 Å². The quantitative estimate of drug-likeness (QED) is 0.296. The molecule has 2 aromatic carbocycles. The van der Waals surface area contributed by atoms with Gasteiger partial charge in [0.15, 0.2) is 5.65 Å². The first-order valence-corrected chi connectivity index (χ1v) is 11.8. The number of carbonyl (C=O) groups is 1. The Morgan fingerprint density at radius 3 is 2.89 bits per heavy atom. The largest absolute Gasteiger partial charge is 0.353 e. The number of benzene rings is 2. The summed E-state index contributed by atoms with van der Waals surface area (Å²) in [4.78, 5) is 24.2. The molecule has 3 N–H and O–H groups in total. The number of fused-ring (bicyclic) bond motifs is 2. The van der Waals surface area contributed by atoms with E-state index in [2.05, 4.69) is 42.6 Å². The number of rotatable bonds is 5. The first-order valence-electron chi connectivity index (χ1n) is 11.8. The maximum Gasteiger partial charge on any atom is 0.223 e. The van der Waals surface area contributed by atoms with E-state index in [9.17, 15) is 9.18 Å². The molecule has 0 spiro atoms. The lowest BCUT2D eigenvalue weighted by molar-refractivity contribution is -0.120. The summed E-state index contributed by atoms with van der Waals surface area (Å²) in [6, 6.07) is 16.7. The molecule has 1 atom stereocenters. The highest BCUT2D eigenvalue weighted by Crippen LogP contribution is 2.35. The predicted octanol–water partition coefficient (Wildman–Crippen LogP) is 5.84. The van der Waals surface area contributed by atoms with Crippen LogP contribution in [0.3, 0.4) is 0 Å². The predicted molar refractivity (Wildman–Crippen MR) is 139 cm³/mol. The number of aromatic nitrogens is 4. The number of amides is 1. The summed E-state index contributed by atoms with van der Waals surface area (Å²) in [5.74, 6) is -0.305. The molecule has 178 valence electrons. The maximum atomic E-state index is 13.9. The van der Waals surface area contributed by atoms with Crippen molar-refractivity contribution < 1.29 is 9.18 Å². The van der Waals surface area contributed by atoms with Gasteiger partial charge in [-0.05, 0) is 47.0 Å². The van der Waals surface area contributed by atoms with Crippen LogP contribution in [0, 0.1) is 5.82 Å². The number of hydrogen-bond donors (Lipinski definition) is 3. The van der Waals surface area contributed by atoms with Crippen molar-refractivity contribution >= 4 is 34.1 Å². The second-order valence-corrected chi connectivity index (χ2v) is 8.86. The Labute approximate surface area is 206 Å². The Kier molecular flexibility index (Phi) is 5.41. The van der Waals surface area contributed by atoms with Gasteiger partial charge in [0.25, 0.3) is 0 Å². The highest BCUT2D eigenvalue weighted by Gasteiger charge is 2.19. The van der Waals surface area contributed by atoms with Crippen molar-refractivity contribution in [3.63, 3.8) is 0 Å². The Bertz CT molecular complexity index is 1680. The molecule has 1 unspecified atom stereocenters. The molecule has 7 nitrogen and oxygen atoms in total. The SMILES string of the molecule is CCC(=O)NC1=CN=CC(c2cnc3n[nH]c(-c4cc5c(-c6cccc(F)c6)cccc5[nH]4)c3c2)C1. The van der Waals surface area contributed by atoms with Crippen LogP contribution in [0.25, 0.3) is 44.5 Å². The zero-order valence-corrected chi connectivity index (χ0v) is 19.5. The molecule has 3 aromatic heterocycles. The number of nitrogens with one attached hydrogen (secondary N) is 3. The lowest BCUT2D eigenvalue weighted by atomic mass is 9.94. The summed E-state index contributed by atoms with van der Waals surface area (Å²) < 4.78 is 13.9. The third-order valence-corrected chi connectivity index (χ3v) is 6.49. The fourth-order valence-electron chi connectivity index (χ4n) is 4.66. The standard InChI is InChI=1S/C28H23FN6O/c1-2-26(36)32-20-10-17(13-30-15-20)18-11-23-27(34-35-28(23)31-14-18)25-12-22-21(7-4-8-24(22)33-25)16-5-3-6-19(29)9-16/h3-9,11-15,17,33H,2,10H2,1H3,(H,32,36)(H,31,34,35). The molecular weight excluding hydrogens is 455 g/mol. The Morgan fingerprint density at radius 1 is 1.14 bits per heavy atom. The van der Waals surface area contributed by atoms with Crippen molar-refractivity contribution in [3.8, 4) is 22.5 Å². The average molecular weight is 479 g/mol. The number of hydrogen-bond acceptors (Lipinski definition) is 4. The molecule has 1 amide bonds. The van der Waals surface area contributed by atoms with Crippen molar-refractivity contribution in [3.05, 3.63) is 84.1 Å². The second-order valence-electron chi connectivity index (χ2n) is 8.86. The minimum absolute atomic E-state index is 0.0101. The lowest BCUT2D eigenvalue weighted by Crippen LogP contribution is -2.24. The zero-order chi connectivity index (χ0) is 24.6. The van der Waals surface area contributed by atoms with E-state index < -0.39 is 0 Å². The van der Waals surface area contributed by atoms with Gasteiger partial charge in [-0.1, -0.05) is 31.2 Å². The molecule has 1 aliphatic heterocycles. The molecule has 4 heterocycles. The number of aliphatic imine (C=N–C) groups is 1. The number of aromatic amines is 2. The van der Waals surface area contributed by atoms with E-state index in [4.69, 9.17) is 0 Å². The smallest absolute Gasteiger partial charge is 0.223 e. The highest BCUT2D eigenvalue weighted by molar-refractivity contribution is 6.00. The molecule has 1 aliphatic rings. The fraction of sp³-hybridized carbons (Fsp3) is 0.143. The summed E-state index contributed by atoms with van der Waals surface area (Å²) >= 11 is 0. The van der Waals surface area contributed by atoms with Crippen molar-refractivity contribution in [2.24, 2.45) is 4.99 Å². The van der Waals surface area contributed by atoms with Crippen LogP contribution in [0.2, 0.25) is 0 Å². The van der Waals surface area contributed by atoms with Gasteiger partial charge in [0.1, 0.15) is 5.82 Å². The normalized spacial score (nSPS) is 15.4. The van der Waals surface area contributed by atoms with E-state index in [1.807, 2.05) is 43.6 Å². The van der Waals surface area contributed by atoms with Crippen molar-refractivity contribution in [1.29, 1.82) is 0 Å². The molecule has 0 fully saturated rings. The molecule has 8 heteroatoms. The monoisotopic (exact) mass is 478 g/mol. The fourth-order valence-corrected chi connectivity index (χ4v) is 4.66. The molecule has 0 radical (unpaired) electrons. The van der Waals surface area contributed by atoms with Gasteiger partial charge in [-0.15, -0.1) is 0 Å². The van der Waals surface area contributed by atoms with Gasteiger partial charge in [0.2, 0.25) is 5.91 Å². The third kappa shape index (κ3) is 3.96. The van der Waals surface area contributed by atoms with Gasteiger partial charge in [0.05, 0.1) is 11.4 Å². The van der Waals surface area contributed by atoms with E-state index >= 15 is 0 Å². The van der Waals surface area contributed by atoms with Gasteiger partial charge >= 0.3 is 0 Å². The van der Waals surface area contributed by atoms with Gasteiger partial charge in [0, 0.05) is 59.4 Å².